The van der Waals surface area contributed by atoms with E-state index in [4.69, 9.17) is 0 Å². The molecule has 4 rings (SSSR count). The number of carbonyl (C=O) groups is 2. The van der Waals surface area contributed by atoms with Crippen LogP contribution in [0.15, 0.2) is 30.3 Å². The maximum atomic E-state index is 12.8. The number of benzene rings is 1. The van der Waals surface area contributed by atoms with Crippen LogP contribution in [-0.2, 0) is 25.4 Å². The van der Waals surface area contributed by atoms with Gasteiger partial charge in [0.2, 0.25) is 21.8 Å². The fourth-order valence-electron chi connectivity index (χ4n) is 5.12. The minimum absolute atomic E-state index is 0.00829. The van der Waals surface area contributed by atoms with E-state index in [1.54, 1.807) is 4.90 Å². The van der Waals surface area contributed by atoms with Gasteiger partial charge >= 0.3 is 0 Å². The third kappa shape index (κ3) is 6.33. The van der Waals surface area contributed by atoms with Crippen molar-refractivity contribution in [2.45, 2.75) is 37.9 Å². The van der Waals surface area contributed by atoms with Gasteiger partial charge in [-0.3, -0.25) is 14.5 Å². The zero-order valence-corrected chi connectivity index (χ0v) is 20.2. The first-order valence-electron chi connectivity index (χ1n) is 12.2. The van der Waals surface area contributed by atoms with E-state index in [0.717, 1.165) is 44.3 Å². The van der Waals surface area contributed by atoms with E-state index in [1.807, 2.05) is 35.2 Å². The zero-order chi connectivity index (χ0) is 23.3. The first-order valence-corrected chi connectivity index (χ1v) is 13.8. The molecule has 1 saturated carbocycles. The number of piperazine rings is 2. The summed E-state index contributed by atoms with van der Waals surface area (Å²) in [5, 5.41) is 0. The summed E-state index contributed by atoms with van der Waals surface area (Å²) in [6.07, 6.45) is 5.60. The number of amides is 2. The Morgan fingerprint density at radius 3 is 2.03 bits per heavy atom. The van der Waals surface area contributed by atoms with Gasteiger partial charge in [-0.15, -0.1) is 0 Å². The van der Waals surface area contributed by atoms with Crippen molar-refractivity contribution in [3.8, 4) is 0 Å². The summed E-state index contributed by atoms with van der Waals surface area (Å²) < 4.78 is 27.0. The van der Waals surface area contributed by atoms with Crippen LogP contribution in [0.4, 0.5) is 0 Å². The summed E-state index contributed by atoms with van der Waals surface area (Å²) in [5.41, 5.74) is 0.775. The highest BCUT2D eigenvalue weighted by molar-refractivity contribution is 7.88. The third-order valence-corrected chi connectivity index (χ3v) is 9.02. The van der Waals surface area contributed by atoms with Gasteiger partial charge in [-0.2, -0.15) is 4.31 Å². The van der Waals surface area contributed by atoms with E-state index in [-0.39, 0.29) is 17.6 Å². The van der Waals surface area contributed by atoms with E-state index < -0.39 is 10.0 Å². The predicted octanol–water partition coefficient (Wildman–Crippen LogP) is 1.39. The van der Waals surface area contributed by atoms with E-state index >= 15 is 0 Å². The molecule has 2 saturated heterocycles. The van der Waals surface area contributed by atoms with Crippen molar-refractivity contribution in [3.05, 3.63) is 35.9 Å². The maximum Gasteiger partial charge on any atom is 0.236 e. The normalized spacial score (nSPS) is 21.8. The SMILES string of the molecule is O=C(CN1CCN(C(=O)C2CCCCC2)CC1)N1CCN(S(=O)(=O)Cc2ccccc2)CC1. The maximum absolute atomic E-state index is 12.8. The van der Waals surface area contributed by atoms with Gasteiger partial charge in [-0.25, -0.2) is 8.42 Å². The van der Waals surface area contributed by atoms with Gasteiger partial charge in [0.05, 0.1) is 12.3 Å². The Kier molecular flexibility index (Phi) is 8.03. The van der Waals surface area contributed by atoms with Gasteiger partial charge in [0.25, 0.3) is 0 Å². The lowest BCUT2D eigenvalue weighted by Gasteiger charge is -2.38. The van der Waals surface area contributed by atoms with Crippen molar-refractivity contribution >= 4 is 21.8 Å². The van der Waals surface area contributed by atoms with Crippen molar-refractivity contribution in [2.75, 3.05) is 58.9 Å². The van der Waals surface area contributed by atoms with Gasteiger partial charge < -0.3 is 9.80 Å². The number of hydrogen-bond donors (Lipinski definition) is 0. The van der Waals surface area contributed by atoms with Gasteiger partial charge in [0, 0.05) is 58.3 Å². The summed E-state index contributed by atoms with van der Waals surface area (Å²) in [5.74, 6) is 0.531. The Morgan fingerprint density at radius 2 is 1.39 bits per heavy atom. The van der Waals surface area contributed by atoms with E-state index in [9.17, 15) is 18.0 Å². The molecule has 182 valence electrons. The smallest absolute Gasteiger partial charge is 0.236 e. The molecule has 2 aliphatic heterocycles. The zero-order valence-electron chi connectivity index (χ0n) is 19.4. The van der Waals surface area contributed by atoms with Crippen molar-refractivity contribution in [2.24, 2.45) is 5.92 Å². The largest absolute Gasteiger partial charge is 0.340 e. The molecule has 0 bridgehead atoms. The van der Waals surface area contributed by atoms with Crippen LogP contribution in [0.5, 0.6) is 0 Å². The second-order valence-corrected chi connectivity index (χ2v) is 11.4. The summed E-state index contributed by atoms with van der Waals surface area (Å²) in [4.78, 5) is 31.4. The number of carbonyl (C=O) groups excluding carboxylic acids is 2. The minimum Gasteiger partial charge on any atom is -0.340 e. The van der Waals surface area contributed by atoms with E-state index in [2.05, 4.69) is 4.90 Å². The Balaban J connectivity index is 1.19. The Hall–Kier alpha value is -1.97. The van der Waals surface area contributed by atoms with Crippen LogP contribution in [0.3, 0.4) is 0 Å². The highest BCUT2D eigenvalue weighted by Gasteiger charge is 2.31. The molecule has 1 aromatic carbocycles. The predicted molar refractivity (Wildman–Crippen MR) is 127 cm³/mol. The van der Waals surface area contributed by atoms with Crippen LogP contribution >= 0.6 is 0 Å². The molecule has 9 heteroatoms. The second kappa shape index (κ2) is 11.0. The number of sulfonamides is 1. The molecular formula is C24H36N4O4S. The monoisotopic (exact) mass is 476 g/mol. The number of hydrogen-bond acceptors (Lipinski definition) is 5. The lowest BCUT2D eigenvalue weighted by atomic mass is 9.88. The molecule has 8 nitrogen and oxygen atoms in total. The van der Waals surface area contributed by atoms with E-state index in [0.29, 0.717) is 51.7 Å². The molecule has 2 heterocycles. The van der Waals surface area contributed by atoms with E-state index in [1.165, 1.54) is 10.7 Å². The fraction of sp³-hybridized carbons (Fsp3) is 0.667. The van der Waals surface area contributed by atoms with Crippen molar-refractivity contribution in [1.82, 2.24) is 19.0 Å². The molecule has 1 aliphatic carbocycles. The van der Waals surface area contributed by atoms with Gasteiger partial charge in [-0.1, -0.05) is 49.6 Å². The summed E-state index contributed by atoms with van der Waals surface area (Å²) >= 11 is 0. The molecule has 0 aromatic heterocycles. The molecule has 0 atom stereocenters. The summed E-state index contributed by atoms with van der Waals surface area (Å²) in [6.45, 7) is 4.67. The average molecular weight is 477 g/mol. The molecule has 1 aromatic rings. The molecule has 2 amide bonds. The molecule has 3 aliphatic rings. The third-order valence-electron chi connectivity index (χ3n) is 7.17. The average Bonchev–Trinajstić information content (AvgIpc) is 2.85. The van der Waals surface area contributed by atoms with Crippen LogP contribution in [0, 0.1) is 5.92 Å². The fourth-order valence-corrected chi connectivity index (χ4v) is 6.63. The standard InChI is InChI=1S/C24H36N4O4S/c29-23(19-25-11-13-27(14-12-25)24(30)22-9-5-2-6-10-22)26-15-17-28(18-16-26)33(31,32)20-21-7-3-1-4-8-21/h1,3-4,7-8,22H,2,5-6,9-20H2. The van der Waals surface area contributed by atoms with Crippen LogP contribution in [0.1, 0.15) is 37.7 Å². The molecule has 0 spiro atoms. The van der Waals surface area contributed by atoms with Gasteiger partial charge in [0.15, 0.2) is 0 Å². The molecule has 0 radical (unpaired) electrons. The molecule has 0 N–H and O–H groups in total. The molecule has 3 fully saturated rings. The van der Waals surface area contributed by atoms with Gasteiger partial charge in [-0.05, 0) is 18.4 Å². The highest BCUT2D eigenvalue weighted by atomic mass is 32.2. The molecule has 33 heavy (non-hydrogen) atoms. The van der Waals surface area contributed by atoms with Gasteiger partial charge in [0.1, 0.15) is 0 Å². The number of rotatable bonds is 6. The van der Waals surface area contributed by atoms with Crippen LogP contribution in [0.2, 0.25) is 0 Å². The first kappa shape index (κ1) is 24.2. The molecular weight excluding hydrogens is 440 g/mol. The quantitative estimate of drug-likeness (QED) is 0.620. The van der Waals surface area contributed by atoms with Crippen molar-refractivity contribution < 1.29 is 18.0 Å². The Morgan fingerprint density at radius 1 is 0.788 bits per heavy atom. The molecule has 0 unspecified atom stereocenters. The first-order chi connectivity index (χ1) is 15.9. The van der Waals surface area contributed by atoms with Crippen LogP contribution in [-0.4, -0.2) is 98.1 Å². The lowest BCUT2D eigenvalue weighted by molar-refractivity contribution is -0.139. The number of nitrogens with zero attached hydrogens (tertiary/aromatic N) is 4. The van der Waals surface area contributed by atoms with Crippen molar-refractivity contribution in [1.29, 1.82) is 0 Å². The summed E-state index contributed by atoms with van der Waals surface area (Å²) in [7, 11) is -3.39. The Labute approximate surface area is 197 Å². The minimum atomic E-state index is -3.39. The highest BCUT2D eigenvalue weighted by Crippen LogP contribution is 2.26. The van der Waals surface area contributed by atoms with Crippen LogP contribution < -0.4 is 0 Å². The lowest BCUT2D eigenvalue weighted by Crippen LogP contribution is -2.55. The topological polar surface area (TPSA) is 81.2 Å². The summed E-state index contributed by atoms with van der Waals surface area (Å²) in [6, 6.07) is 9.19. The van der Waals surface area contributed by atoms with Crippen molar-refractivity contribution in [3.63, 3.8) is 0 Å². The Bertz CT molecular complexity index is 902. The van der Waals surface area contributed by atoms with Crippen LogP contribution in [0.25, 0.3) is 0 Å². The second-order valence-electron chi connectivity index (χ2n) is 9.46.